The molecule has 0 fully saturated rings. The molecule has 21 heavy (non-hydrogen) atoms. The number of nitrogens with zero attached hydrogens (tertiary/aromatic N) is 3. The lowest BCUT2D eigenvalue weighted by Gasteiger charge is -2.00. The van der Waals surface area contributed by atoms with E-state index in [1.807, 2.05) is 0 Å². The minimum atomic E-state index is -0.507. The van der Waals surface area contributed by atoms with Crippen molar-refractivity contribution in [3.63, 3.8) is 0 Å². The van der Waals surface area contributed by atoms with Gasteiger partial charge in [0.25, 0.3) is 5.91 Å². The molecule has 0 saturated heterocycles. The zero-order chi connectivity index (χ0) is 15.1. The number of rotatable bonds is 5. The van der Waals surface area contributed by atoms with Crippen LogP contribution >= 0.6 is 23.4 Å². The van der Waals surface area contributed by atoms with E-state index in [-0.39, 0.29) is 22.2 Å². The van der Waals surface area contributed by atoms with E-state index in [0.717, 1.165) is 0 Å². The summed E-state index contributed by atoms with van der Waals surface area (Å²) in [6.07, 6.45) is 4.34. The maximum Gasteiger partial charge on any atom is 0.250 e. The van der Waals surface area contributed by atoms with Gasteiger partial charge in [0.1, 0.15) is 5.82 Å². The van der Waals surface area contributed by atoms with Crippen LogP contribution < -0.4 is 5.43 Å². The predicted molar refractivity (Wildman–Crippen MR) is 79.9 cm³/mol. The Balaban J connectivity index is 1.85. The van der Waals surface area contributed by atoms with E-state index in [2.05, 4.69) is 20.5 Å². The lowest BCUT2D eigenvalue weighted by atomic mass is 10.2. The summed E-state index contributed by atoms with van der Waals surface area (Å²) in [6.45, 7) is 0. The Bertz CT molecular complexity index is 634. The monoisotopic (exact) mass is 324 g/mol. The maximum absolute atomic E-state index is 13.4. The fourth-order valence-corrected chi connectivity index (χ4v) is 2.13. The van der Waals surface area contributed by atoms with Crippen molar-refractivity contribution >= 4 is 35.5 Å². The third-order valence-electron chi connectivity index (χ3n) is 2.26. The van der Waals surface area contributed by atoms with Gasteiger partial charge in [-0.2, -0.15) is 5.10 Å². The summed E-state index contributed by atoms with van der Waals surface area (Å²) in [6, 6.07) is 5.98. The molecule has 1 amide bonds. The Morgan fingerprint density at radius 2 is 2.14 bits per heavy atom. The number of carbonyl (C=O) groups is 1. The third kappa shape index (κ3) is 4.80. The molecule has 1 heterocycles. The Hall–Kier alpha value is -1.99. The van der Waals surface area contributed by atoms with E-state index >= 15 is 0 Å². The summed E-state index contributed by atoms with van der Waals surface area (Å²) in [7, 11) is 0. The number of aromatic nitrogens is 2. The minimum absolute atomic E-state index is 0.104. The number of carbonyl (C=O) groups excluding carboxylic acids is 1. The Labute approximate surface area is 129 Å². The highest BCUT2D eigenvalue weighted by Crippen LogP contribution is 2.16. The van der Waals surface area contributed by atoms with Crippen molar-refractivity contribution < 1.29 is 9.18 Å². The van der Waals surface area contributed by atoms with Gasteiger partial charge in [0.2, 0.25) is 0 Å². The predicted octanol–water partition coefficient (Wildman–Crippen LogP) is 2.51. The quantitative estimate of drug-likeness (QED) is 0.397. The molecule has 0 bridgehead atoms. The highest BCUT2D eigenvalue weighted by atomic mass is 35.5. The minimum Gasteiger partial charge on any atom is -0.272 e. The van der Waals surface area contributed by atoms with Crippen molar-refractivity contribution in [3.05, 3.63) is 53.1 Å². The van der Waals surface area contributed by atoms with Gasteiger partial charge in [0, 0.05) is 18.0 Å². The Morgan fingerprint density at radius 1 is 1.38 bits per heavy atom. The van der Waals surface area contributed by atoms with E-state index < -0.39 is 5.82 Å². The number of hydrogen-bond donors (Lipinski definition) is 1. The number of nitrogens with one attached hydrogen (secondary N) is 1. The summed E-state index contributed by atoms with van der Waals surface area (Å²) in [5.41, 5.74) is 2.41. The lowest BCUT2D eigenvalue weighted by Crippen LogP contribution is -2.19. The van der Waals surface area contributed by atoms with E-state index in [0.29, 0.717) is 5.16 Å². The van der Waals surface area contributed by atoms with Gasteiger partial charge in [-0.25, -0.2) is 19.8 Å². The second-order valence-corrected chi connectivity index (χ2v) is 5.10. The molecule has 0 aliphatic rings. The van der Waals surface area contributed by atoms with E-state index in [9.17, 15) is 9.18 Å². The van der Waals surface area contributed by atoms with Crippen LogP contribution in [0.15, 0.2) is 46.9 Å². The molecule has 2 rings (SSSR count). The number of hydrogen-bond acceptors (Lipinski definition) is 5. The van der Waals surface area contributed by atoms with E-state index in [1.54, 1.807) is 18.5 Å². The van der Waals surface area contributed by atoms with Crippen LogP contribution in [0.1, 0.15) is 5.56 Å². The molecule has 8 heteroatoms. The standard InChI is InChI=1S/C13H10ClFN4OS/c14-10-3-1-4-11(15)9(10)7-18-19-12(20)8-21-13-16-5-2-6-17-13/h1-7H,8H2,(H,19,20)/b18-7-. The normalized spacial score (nSPS) is 10.8. The van der Waals surface area contributed by atoms with Gasteiger partial charge in [-0.1, -0.05) is 29.4 Å². The molecule has 1 aromatic heterocycles. The van der Waals surface area contributed by atoms with Crippen molar-refractivity contribution in [1.82, 2.24) is 15.4 Å². The Morgan fingerprint density at radius 3 is 2.86 bits per heavy atom. The van der Waals surface area contributed by atoms with Crippen LogP contribution in [0.2, 0.25) is 5.02 Å². The van der Waals surface area contributed by atoms with Gasteiger partial charge in [-0.3, -0.25) is 4.79 Å². The number of thioether (sulfide) groups is 1. The molecule has 0 unspecified atom stereocenters. The first-order valence-electron chi connectivity index (χ1n) is 5.82. The van der Waals surface area contributed by atoms with Crippen molar-refractivity contribution in [2.75, 3.05) is 5.75 Å². The first kappa shape index (κ1) is 15.4. The van der Waals surface area contributed by atoms with Crippen molar-refractivity contribution in [1.29, 1.82) is 0 Å². The van der Waals surface area contributed by atoms with Crippen LogP contribution in [0.4, 0.5) is 4.39 Å². The first-order chi connectivity index (χ1) is 10.2. The summed E-state index contributed by atoms with van der Waals surface area (Å²) in [5, 5.41) is 4.39. The molecular weight excluding hydrogens is 315 g/mol. The van der Waals surface area contributed by atoms with Gasteiger partial charge in [-0.05, 0) is 18.2 Å². The smallest absolute Gasteiger partial charge is 0.250 e. The molecule has 108 valence electrons. The summed E-state index contributed by atoms with van der Waals surface area (Å²) in [5.74, 6) is -0.754. The lowest BCUT2D eigenvalue weighted by molar-refractivity contribution is -0.118. The average molecular weight is 325 g/mol. The summed E-state index contributed by atoms with van der Waals surface area (Å²) < 4.78 is 13.4. The number of halogens is 2. The molecule has 5 nitrogen and oxygen atoms in total. The van der Waals surface area contributed by atoms with Gasteiger partial charge in [0.05, 0.1) is 17.0 Å². The highest BCUT2D eigenvalue weighted by molar-refractivity contribution is 7.99. The average Bonchev–Trinajstić information content (AvgIpc) is 2.49. The highest BCUT2D eigenvalue weighted by Gasteiger charge is 2.05. The van der Waals surface area contributed by atoms with E-state index in [4.69, 9.17) is 11.6 Å². The number of benzene rings is 1. The molecule has 1 aromatic carbocycles. The topological polar surface area (TPSA) is 67.2 Å². The number of amides is 1. The van der Waals surface area contributed by atoms with Crippen LogP contribution in [0.25, 0.3) is 0 Å². The van der Waals surface area contributed by atoms with Gasteiger partial charge in [-0.15, -0.1) is 0 Å². The first-order valence-corrected chi connectivity index (χ1v) is 7.19. The number of hydrazone groups is 1. The molecule has 0 aliphatic heterocycles. The summed E-state index contributed by atoms with van der Waals surface area (Å²) in [4.78, 5) is 19.5. The van der Waals surface area contributed by atoms with E-state index in [1.165, 1.54) is 36.2 Å². The van der Waals surface area contributed by atoms with Gasteiger partial charge >= 0.3 is 0 Å². The van der Waals surface area contributed by atoms with Crippen LogP contribution in [0.3, 0.4) is 0 Å². The molecule has 2 aromatic rings. The molecule has 0 aliphatic carbocycles. The van der Waals surface area contributed by atoms with Gasteiger partial charge in [0.15, 0.2) is 5.16 Å². The zero-order valence-corrected chi connectivity index (χ0v) is 12.2. The molecule has 0 saturated carbocycles. The second kappa shape index (κ2) is 7.70. The third-order valence-corrected chi connectivity index (χ3v) is 3.46. The van der Waals surface area contributed by atoms with Crippen LogP contribution in [0.5, 0.6) is 0 Å². The van der Waals surface area contributed by atoms with Gasteiger partial charge < -0.3 is 0 Å². The summed E-state index contributed by atoms with van der Waals surface area (Å²) >= 11 is 6.99. The van der Waals surface area contributed by atoms with Crippen LogP contribution in [-0.2, 0) is 4.79 Å². The van der Waals surface area contributed by atoms with Crippen molar-refractivity contribution in [3.8, 4) is 0 Å². The zero-order valence-electron chi connectivity index (χ0n) is 10.7. The molecule has 0 atom stereocenters. The Kier molecular flexibility index (Phi) is 5.65. The molecular formula is C13H10ClFN4OS. The van der Waals surface area contributed by atoms with Crippen molar-refractivity contribution in [2.45, 2.75) is 5.16 Å². The fourth-order valence-electron chi connectivity index (χ4n) is 1.33. The van der Waals surface area contributed by atoms with Crippen LogP contribution in [0, 0.1) is 5.82 Å². The molecule has 1 N–H and O–H groups in total. The maximum atomic E-state index is 13.4. The van der Waals surface area contributed by atoms with Crippen LogP contribution in [-0.4, -0.2) is 27.8 Å². The molecule has 0 spiro atoms. The second-order valence-electron chi connectivity index (χ2n) is 3.75. The molecule has 0 radical (unpaired) electrons. The largest absolute Gasteiger partial charge is 0.272 e. The van der Waals surface area contributed by atoms with Crippen molar-refractivity contribution in [2.24, 2.45) is 5.10 Å². The SMILES string of the molecule is O=C(CSc1ncccn1)N/N=C\c1c(F)cccc1Cl. The fraction of sp³-hybridized carbons (Fsp3) is 0.0769.